The van der Waals surface area contributed by atoms with Crippen molar-refractivity contribution in [2.24, 2.45) is 5.92 Å². The molecular formula is C22H32O4Si. The molecule has 0 spiro atoms. The topological polar surface area (TPSA) is 69.9 Å². The van der Waals surface area contributed by atoms with Gasteiger partial charge in [0, 0.05) is 19.1 Å². The third-order valence-electron chi connectivity index (χ3n) is 5.03. The Hall–Kier alpha value is -1.50. The molecule has 0 aliphatic rings. The van der Waals surface area contributed by atoms with Crippen molar-refractivity contribution in [3.8, 4) is 0 Å². The lowest BCUT2D eigenvalue weighted by atomic mass is 10.0. The number of hydrogen-bond acceptors (Lipinski definition) is 4. The summed E-state index contributed by atoms with van der Waals surface area (Å²) in [4.78, 5) is 0. The monoisotopic (exact) mass is 388 g/mol. The predicted octanol–water partition coefficient (Wildman–Crippen LogP) is 1.91. The summed E-state index contributed by atoms with van der Waals surface area (Å²) in [7, 11) is -2.64. The second kappa shape index (κ2) is 9.62. The van der Waals surface area contributed by atoms with E-state index >= 15 is 0 Å². The summed E-state index contributed by atoms with van der Waals surface area (Å²) in [5, 5.41) is 30.9. The number of rotatable bonds is 9. The van der Waals surface area contributed by atoms with Gasteiger partial charge in [-0.1, -0.05) is 81.4 Å². The second-order valence-electron chi connectivity index (χ2n) is 8.09. The zero-order chi connectivity index (χ0) is 19.9. The first-order chi connectivity index (χ1) is 12.8. The Kier molecular flexibility index (Phi) is 7.76. The molecule has 0 aromatic heterocycles. The molecule has 0 aliphatic heterocycles. The molecule has 0 saturated carbocycles. The van der Waals surface area contributed by atoms with Crippen LogP contribution in [0.2, 0.25) is 5.04 Å². The Morgan fingerprint density at radius 2 is 1.33 bits per heavy atom. The molecule has 3 N–H and O–H groups in total. The van der Waals surface area contributed by atoms with E-state index in [9.17, 15) is 10.2 Å². The molecule has 0 amide bonds. The van der Waals surface area contributed by atoms with E-state index in [4.69, 9.17) is 9.53 Å². The van der Waals surface area contributed by atoms with Gasteiger partial charge in [-0.05, 0) is 21.8 Å². The molecule has 4 nitrogen and oxygen atoms in total. The fourth-order valence-electron chi connectivity index (χ4n) is 3.66. The maximum absolute atomic E-state index is 9.78. The minimum atomic E-state index is -2.64. The lowest BCUT2D eigenvalue weighted by Crippen LogP contribution is -2.67. The highest BCUT2D eigenvalue weighted by Gasteiger charge is 2.50. The highest BCUT2D eigenvalue weighted by atomic mass is 28.4. The molecule has 0 radical (unpaired) electrons. The van der Waals surface area contributed by atoms with Gasteiger partial charge in [-0.3, -0.25) is 0 Å². The molecule has 0 fully saturated rings. The Balaban J connectivity index is 2.46. The van der Waals surface area contributed by atoms with Crippen LogP contribution in [0.25, 0.3) is 0 Å². The maximum atomic E-state index is 9.78. The van der Waals surface area contributed by atoms with E-state index in [0.29, 0.717) is 13.0 Å². The predicted molar refractivity (Wildman–Crippen MR) is 112 cm³/mol. The van der Waals surface area contributed by atoms with Gasteiger partial charge < -0.3 is 19.7 Å². The molecule has 5 heteroatoms. The van der Waals surface area contributed by atoms with Crippen LogP contribution >= 0.6 is 0 Å². The molecule has 0 aliphatic carbocycles. The van der Waals surface area contributed by atoms with Gasteiger partial charge in [0.1, 0.15) is 0 Å². The third-order valence-corrected chi connectivity index (χ3v) is 10.0. The smallest absolute Gasteiger partial charge is 0.261 e. The van der Waals surface area contributed by atoms with Crippen LogP contribution < -0.4 is 10.4 Å². The molecule has 2 aromatic carbocycles. The summed E-state index contributed by atoms with van der Waals surface area (Å²) in [6.45, 7) is 6.55. The van der Waals surface area contributed by atoms with Crippen LogP contribution in [-0.4, -0.2) is 49.6 Å². The fourth-order valence-corrected chi connectivity index (χ4v) is 8.30. The second-order valence-corrected chi connectivity index (χ2v) is 12.4. The first kappa shape index (κ1) is 21.8. The molecule has 0 heterocycles. The quantitative estimate of drug-likeness (QED) is 0.574. The minimum Gasteiger partial charge on any atom is -0.407 e. The van der Waals surface area contributed by atoms with Crippen LogP contribution in [-0.2, 0) is 4.43 Å². The van der Waals surface area contributed by atoms with E-state index in [0.717, 1.165) is 0 Å². The Morgan fingerprint density at radius 1 is 0.852 bits per heavy atom. The molecule has 0 bridgehead atoms. The lowest BCUT2D eigenvalue weighted by molar-refractivity contribution is 0.0488. The van der Waals surface area contributed by atoms with Crippen molar-refractivity contribution in [2.75, 3.05) is 19.8 Å². The summed E-state index contributed by atoms with van der Waals surface area (Å²) in [5.41, 5.74) is 0. The van der Waals surface area contributed by atoms with Gasteiger partial charge in [-0.15, -0.1) is 0 Å². The van der Waals surface area contributed by atoms with Crippen molar-refractivity contribution in [3.63, 3.8) is 0 Å². The van der Waals surface area contributed by atoms with Gasteiger partial charge in [0.15, 0.2) is 0 Å². The molecule has 0 saturated heterocycles. The average molecular weight is 389 g/mol. The van der Waals surface area contributed by atoms with Crippen molar-refractivity contribution < 1.29 is 19.7 Å². The minimum absolute atomic E-state index is 0.0880. The van der Waals surface area contributed by atoms with Crippen molar-refractivity contribution in [3.05, 3.63) is 60.7 Å². The highest BCUT2D eigenvalue weighted by molar-refractivity contribution is 6.99. The van der Waals surface area contributed by atoms with Crippen LogP contribution in [0.3, 0.4) is 0 Å². The first-order valence-electron chi connectivity index (χ1n) is 9.50. The SMILES string of the molecule is CC(C)(C)[Si](OC[C@@H](CO)C[C@H](O)CO)(c1ccccc1)c1ccccc1. The van der Waals surface area contributed by atoms with E-state index in [1.165, 1.54) is 10.4 Å². The van der Waals surface area contributed by atoms with E-state index in [1.54, 1.807) is 0 Å². The summed E-state index contributed by atoms with van der Waals surface area (Å²) in [6.07, 6.45) is -0.532. The summed E-state index contributed by atoms with van der Waals surface area (Å²) in [5.74, 6) is -0.228. The third kappa shape index (κ3) is 5.06. The van der Waals surface area contributed by atoms with Crippen LogP contribution in [0.1, 0.15) is 27.2 Å². The van der Waals surface area contributed by atoms with Crippen LogP contribution in [0.15, 0.2) is 60.7 Å². The lowest BCUT2D eigenvalue weighted by Gasteiger charge is -2.43. The van der Waals surface area contributed by atoms with Crippen molar-refractivity contribution in [1.82, 2.24) is 0 Å². The molecule has 0 unspecified atom stereocenters. The normalized spacial score (nSPS) is 14.7. The molecule has 27 heavy (non-hydrogen) atoms. The molecule has 148 valence electrons. The van der Waals surface area contributed by atoms with E-state index in [-0.39, 0.29) is 24.2 Å². The van der Waals surface area contributed by atoms with Gasteiger partial charge in [0.2, 0.25) is 0 Å². The number of aliphatic hydroxyl groups excluding tert-OH is 3. The number of benzene rings is 2. The van der Waals surface area contributed by atoms with Gasteiger partial charge in [-0.2, -0.15) is 0 Å². The van der Waals surface area contributed by atoms with Crippen LogP contribution in [0.5, 0.6) is 0 Å². The maximum Gasteiger partial charge on any atom is 0.261 e. The standard InChI is InChI=1S/C22H32O4Si/c1-22(2,3)27(20-10-6-4-7-11-20,21-12-8-5-9-13-21)26-17-18(15-23)14-19(25)16-24/h4-13,18-19,23-25H,14-17H2,1-3H3/t18-,19+/m1/s1. The van der Waals surface area contributed by atoms with Gasteiger partial charge in [0.05, 0.1) is 12.7 Å². The van der Waals surface area contributed by atoms with Crippen LogP contribution in [0.4, 0.5) is 0 Å². The van der Waals surface area contributed by atoms with E-state index in [2.05, 4.69) is 45.0 Å². The number of aliphatic hydroxyl groups is 3. The van der Waals surface area contributed by atoms with E-state index < -0.39 is 14.4 Å². The Labute approximate surface area is 163 Å². The highest BCUT2D eigenvalue weighted by Crippen LogP contribution is 2.37. The average Bonchev–Trinajstić information content (AvgIpc) is 2.67. The van der Waals surface area contributed by atoms with Crippen molar-refractivity contribution >= 4 is 18.7 Å². The molecular weight excluding hydrogens is 356 g/mol. The summed E-state index contributed by atoms with van der Waals surface area (Å²) >= 11 is 0. The fraction of sp³-hybridized carbons (Fsp3) is 0.455. The Bertz CT molecular complexity index is 630. The van der Waals surface area contributed by atoms with Gasteiger partial charge in [-0.25, -0.2) is 0 Å². The summed E-state index contributed by atoms with van der Waals surface area (Å²) in [6, 6.07) is 20.7. The number of hydrogen-bond donors (Lipinski definition) is 3. The first-order valence-corrected chi connectivity index (χ1v) is 11.4. The van der Waals surface area contributed by atoms with Gasteiger partial charge >= 0.3 is 0 Å². The zero-order valence-corrected chi connectivity index (χ0v) is 17.5. The van der Waals surface area contributed by atoms with Gasteiger partial charge in [0.25, 0.3) is 8.32 Å². The van der Waals surface area contributed by atoms with Crippen molar-refractivity contribution in [2.45, 2.75) is 38.3 Å². The zero-order valence-electron chi connectivity index (χ0n) is 16.5. The molecule has 2 rings (SSSR count). The summed E-state index contributed by atoms with van der Waals surface area (Å²) < 4.78 is 6.75. The Morgan fingerprint density at radius 3 is 1.70 bits per heavy atom. The molecule has 2 aromatic rings. The van der Waals surface area contributed by atoms with Crippen molar-refractivity contribution in [1.29, 1.82) is 0 Å². The van der Waals surface area contributed by atoms with E-state index in [1.807, 2.05) is 36.4 Å². The van der Waals surface area contributed by atoms with Crippen LogP contribution in [0, 0.1) is 5.92 Å². The molecule has 2 atom stereocenters. The largest absolute Gasteiger partial charge is 0.407 e.